The van der Waals surface area contributed by atoms with Crippen LogP contribution in [-0.2, 0) is 0 Å². The number of amides is 2. The van der Waals surface area contributed by atoms with Crippen LogP contribution in [0.1, 0.15) is 46.0 Å². The van der Waals surface area contributed by atoms with Crippen molar-refractivity contribution in [2.24, 2.45) is 0 Å². The number of fused-ring (bicyclic) bond motifs is 1. The van der Waals surface area contributed by atoms with Gasteiger partial charge in [-0.25, -0.2) is 9.88 Å². The molecule has 0 saturated heterocycles. The average Bonchev–Trinajstić information content (AvgIpc) is 2.72. The maximum atomic E-state index is 12.3. The fraction of sp³-hybridized carbons (Fsp3) is 0.188. The highest BCUT2D eigenvalue weighted by atomic mass is 16.2. The van der Waals surface area contributed by atoms with E-state index in [9.17, 15) is 9.59 Å². The number of anilines is 1. The quantitative estimate of drug-likeness (QED) is 0.785. The predicted molar refractivity (Wildman–Crippen MR) is 75.9 cm³/mol. The normalized spacial score (nSPS) is 14.1. The van der Waals surface area contributed by atoms with Crippen LogP contribution in [0.3, 0.4) is 0 Å². The number of pyridine rings is 1. The summed E-state index contributed by atoms with van der Waals surface area (Å²) in [6, 6.07) is 10.5. The zero-order chi connectivity index (χ0) is 14.3. The fourth-order valence-corrected chi connectivity index (χ4v) is 2.27. The number of carbonyl (C=O) groups is 2. The Morgan fingerprint density at radius 3 is 2.00 bits per heavy atom. The van der Waals surface area contributed by atoms with Crippen molar-refractivity contribution < 1.29 is 9.59 Å². The molecule has 0 spiro atoms. The van der Waals surface area contributed by atoms with Gasteiger partial charge in [0.15, 0.2) is 0 Å². The third-order valence-electron chi connectivity index (χ3n) is 3.46. The van der Waals surface area contributed by atoms with Crippen molar-refractivity contribution in [1.82, 2.24) is 4.98 Å². The smallest absolute Gasteiger partial charge is 0.267 e. The summed E-state index contributed by atoms with van der Waals surface area (Å²) >= 11 is 0. The van der Waals surface area contributed by atoms with Gasteiger partial charge in [-0.3, -0.25) is 9.59 Å². The SMILES string of the molecule is CC(C)c1ccc(N2C(=O)c3ccccc3C2=O)nc1. The van der Waals surface area contributed by atoms with E-state index in [0.717, 1.165) is 10.5 Å². The third-order valence-corrected chi connectivity index (χ3v) is 3.46. The zero-order valence-corrected chi connectivity index (χ0v) is 11.3. The standard InChI is InChI=1S/C16H14N2O2/c1-10(2)11-7-8-14(17-9-11)18-15(19)12-5-3-4-6-13(12)16(18)20/h3-10H,1-2H3. The molecular formula is C16H14N2O2. The summed E-state index contributed by atoms with van der Waals surface area (Å²) in [6.45, 7) is 4.14. The number of carbonyl (C=O) groups excluding carboxylic acids is 2. The molecule has 1 aliphatic heterocycles. The van der Waals surface area contributed by atoms with E-state index in [4.69, 9.17) is 0 Å². The monoisotopic (exact) mass is 266 g/mol. The van der Waals surface area contributed by atoms with E-state index in [1.807, 2.05) is 6.07 Å². The number of nitrogens with zero attached hydrogens (tertiary/aromatic N) is 2. The maximum absolute atomic E-state index is 12.3. The first-order valence-corrected chi connectivity index (χ1v) is 6.53. The number of rotatable bonds is 2. The van der Waals surface area contributed by atoms with Crippen LogP contribution < -0.4 is 4.90 Å². The molecule has 3 rings (SSSR count). The molecule has 0 atom stereocenters. The van der Waals surface area contributed by atoms with Crippen LogP contribution in [-0.4, -0.2) is 16.8 Å². The van der Waals surface area contributed by atoms with Gasteiger partial charge in [0.05, 0.1) is 11.1 Å². The van der Waals surface area contributed by atoms with Crippen molar-refractivity contribution in [2.75, 3.05) is 4.90 Å². The Balaban J connectivity index is 2.00. The van der Waals surface area contributed by atoms with Gasteiger partial charge in [-0.05, 0) is 29.7 Å². The van der Waals surface area contributed by atoms with Crippen molar-refractivity contribution in [3.63, 3.8) is 0 Å². The Kier molecular flexibility index (Phi) is 2.86. The minimum Gasteiger partial charge on any atom is -0.268 e. The second-order valence-corrected chi connectivity index (χ2v) is 5.10. The Bertz CT molecular complexity index is 655. The molecule has 0 aliphatic carbocycles. The molecule has 0 saturated carbocycles. The summed E-state index contributed by atoms with van der Waals surface area (Å²) < 4.78 is 0. The van der Waals surface area contributed by atoms with E-state index in [-0.39, 0.29) is 11.8 Å². The Hall–Kier alpha value is -2.49. The first-order valence-electron chi connectivity index (χ1n) is 6.53. The van der Waals surface area contributed by atoms with Crippen LogP contribution >= 0.6 is 0 Å². The van der Waals surface area contributed by atoms with Gasteiger partial charge in [-0.1, -0.05) is 32.0 Å². The lowest BCUT2D eigenvalue weighted by Gasteiger charge is -2.13. The van der Waals surface area contributed by atoms with Crippen molar-refractivity contribution in [2.45, 2.75) is 19.8 Å². The lowest BCUT2D eigenvalue weighted by atomic mass is 10.1. The summed E-state index contributed by atoms with van der Waals surface area (Å²) in [5.41, 5.74) is 1.95. The van der Waals surface area contributed by atoms with Crippen molar-refractivity contribution >= 4 is 17.6 Å². The second-order valence-electron chi connectivity index (χ2n) is 5.10. The predicted octanol–water partition coefficient (Wildman–Crippen LogP) is 3.01. The van der Waals surface area contributed by atoms with E-state index in [2.05, 4.69) is 18.8 Å². The van der Waals surface area contributed by atoms with Gasteiger partial charge in [0, 0.05) is 6.20 Å². The molecule has 1 aromatic carbocycles. The van der Waals surface area contributed by atoms with Crippen molar-refractivity contribution in [1.29, 1.82) is 0 Å². The minimum absolute atomic E-state index is 0.310. The zero-order valence-electron chi connectivity index (χ0n) is 11.3. The van der Waals surface area contributed by atoms with Crippen molar-refractivity contribution in [3.8, 4) is 0 Å². The van der Waals surface area contributed by atoms with E-state index < -0.39 is 0 Å². The highest BCUT2D eigenvalue weighted by molar-refractivity contribution is 6.34. The Morgan fingerprint density at radius 2 is 1.55 bits per heavy atom. The van der Waals surface area contributed by atoms with Crippen LogP contribution in [0.5, 0.6) is 0 Å². The number of benzene rings is 1. The first-order chi connectivity index (χ1) is 9.59. The summed E-state index contributed by atoms with van der Waals surface area (Å²) in [5, 5.41) is 0. The summed E-state index contributed by atoms with van der Waals surface area (Å²) in [5.74, 6) is 0.116. The molecule has 2 heterocycles. The lowest BCUT2D eigenvalue weighted by molar-refractivity contribution is 0.0925. The second kappa shape index (κ2) is 4.56. The molecule has 1 aromatic heterocycles. The number of aromatic nitrogens is 1. The van der Waals surface area contributed by atoms with Crippen LogP contribution in [0, 0.1) is 0 Å². The van der Waals surface area contributed by atoms with Gasteiger partial charge in [0.1, 0.15) is 5.82 Å². The topological polar surface area (TPSA) is 50.3 Å². The molecule has 100 valence electrons. The van der Waals surface area contributed by atoms with Gasteiger partial charge in [-0.15, -0.1) is 0 Å². The molecule has 0 N–H and O–H groups in total. The summed E-state index contributed by atoms with van der Waals surface area (Å²) in [6.07, 6.45) is 1.71. The summed E-state index contributed by atoms with van der Waals surface area (Å²) in [7, 11) is 0. The van der Waals surface area contributed by atoms with Crippen LogP contribution in [0.4, 0.5) is 5.82 Å². The Labute approximate surface area is 117 Å². The van der Waals surface area contributed by atoms with E-state index in [1.54, 1.807) is 36.5 Å². The first kappa shape index (κ1) is 12.5. The molecule has 2 amide bonds. The van der Waals surface area contributed by atoms with Gasteiger partial charge >= 0.3 is 0 Å². The van der Waals surface area contributed by atoms with Gasteiger partial charge in [-0.2, -0.15) is 0 Å². The molecular weight excluding hydrogens is 252 g/mol. The third kappa shape index (κ3) is 1.81. The number of hydrogen-bond acceptors (Lipinski definition) is 3. The molecule has 4 heteroatoms. The lowest BCUT2D eigenvalue weighted by Crippen LogP contribution is -2.30. The van der Waals surface area contributed by atoms with E-state index in [1.165, 1.54) is 0 Å². The fourth-order valence-electron chi connectivity index (χ4n) is 2.27. The van der Waals surface area contributed by atoms with Crippen LogP contribution in [0.25, 0.3) is 0 Å². The molecule has 0 fully saturated rings. The minimum atomic E-state index is -0.310. The molecule has 0 unspecified atom stereocenters. The van der Waals surface area contributed by atoms with E-state index >= 15 is 0 Å². The van der Waals surface area contributed by atoms with Gasteiger partial charge in [0.25, 0.3) is 11.8 Å². The summed E-state index contributed by atoms with van der Waals surface area (Å²) in [4.78, 5) is 30.0. The average molecular weight is 266 g/mol. The van der Waals surface area contributed by atoms with Crippen LogP contribution in [0.15, 0.2) is 42.6 Å². The van der Waals surface area contributed by atoms with Crippen LogP contribution in [0.2, 0.25) is 0 Å². The molecule has 4 nitrogen and oxygen atoms in total. The molecule has 0 radical (unpaired) electrons. The van der Waals surface area contributed by atoms with Gasteiger partial charge in [0.2, 0.25) is 0 Å². The van der Waals surface area contributed by atoms with Crippen molar-refractivity contribution in [3.05, 3.63) is 59.3 Å². The molecule has 20 heavy (non-hydrogen) atoms. The number of hydrogen-bond donors (Lipinski definition) is 0. The molecule has 0 bridgehead atoms. The highest BCUT2D eigenvalue weighted by Gasteiger charge is 2.36. The van der Waals surface area contributed by atoms with Gasteiger partial charge < -0.3 is 0 Å². The molecule has 2 aromatic rings. The maximum Gasteiger partial charge on any atom is 0.267 e. The molecule has 1 aliphatic rings. The highest BCUT2D eigenvalue weighted by Crippen LogP contribution is 2.27. The Morgan fingerprint density at radius 1 is 0.950 bits per heavy atom. The largest absolute Gasteiger partial charge is 0.268 e. The number of imide groups is 1. The van der Waals surface area contributed by atoms with E-state index in [0.29, 0.717) is 22.9 Å².